The summed E-state index contributed by atoms with van der Waals surface area (Å²) in [7, 11) is 0. The van der Waals surface area contributed by atoms with Gasteiger partial charge in [0, 0.05) is 6.42 Å². The van der Waals surface area contributed by atoms with Crippen molar-refractivity contribution in [3.05, 3.63) is 35.9 Å². The average molecular weight is 568 g/mol. The molecule has 7 atom stereocenters. The molecule has 40 heavy (non-hydrogen) atoms. The molecule has 0 saturated carbocycles. The van der Waals surface area contributed by atoms with Crippen LogP contribution in [0.4, 0.5) is 0 Å². The van der Waals surface area contributed by atoms with E-state index in [1.54, 1.807) is 30.3 Å². The van der Waals surface area contributed by atoms with E-state index in [9.17, 15) is 39.3 Å². The van der Waals surface area contributed by atoms with Crippen molar-refractivity contribution in [1.29, 1.82) is 0 Å². The van der Waals surface area contributed by atoms with Crippen molar-refractivity contribution in [2.45, 2.75) is 75.5 Å². The molecule has 0 heterocycles. The molecule has 15 heteroatoms. The van der Waals surface area contributed by atoms with Crippen LogP contribution in [0.2, 0.25) is 0 Å². The molecule has 0 unspecified atom stereocenters. The first-order valence-corrected chi connectivity index (χ1v) is 12.8. The summed E-state index contributed by atoms with van der Waals surface area (Å²) < 4.78 is 0. The average Bonchev–Trinajstić information content (AvgIpc) is 2.89. The Hall–Kier alpha value is -3.63. The predicted octanol–water partition coefficient (Wildman–Crippen LogP) is -3.96. The molecule has 0 aromatic heterocycles. The van der Waals surface area contributed by atoms with Crippen LogP contribution in [0.25, 0.3) is 0 Å². The van der Waals surface area contributed by atoms with Crippen LogP contribution in [0.5, 0.6) is 0 Å². The second kappa shape index (κ2) is 17.1. The van der Waals surface area contributed by atoms with Crippen LogP contribution in [0.1, 0.15) is 32.3 Å². The fourth-order valence-corrected chi connectivity index (χ4v) is 3.65. The van der Waals surface area contributed by atoms with Crippen molar-refractivity contribution in [1.82, 2.24) is 21.3 Å². The molecule has 0 aliphatic carbocycles. The predicted molar refractivity (Wildman–Crippen MR) is 144 cm³/mol. The second-order valence-corrected chi connectivity index (χ2v) is 9.37. The molecule has 1 aromatic rings. The number of rotatable bonds is 17. The van der Waals surface area contributed by atoms with Crippen molar-refractivity contribution >= 4 is 29.6 Å². The molecule has 0 aliphatic heterocycles. The van der Waals surface area contributed by atoms with Gasteiger partial charge in [-0.15, -0.1) is 0 Å². The van der Waals surface area contributed by atoms with Crippen LogP contribution in [0, 0.1) is 0 Å². The number of aliphatic hydroxyl groups excluding tert-OH is 2. The minimum atomic E-state index is -1.65. The standard InChI is InChI=1S/C25H41N7O8/c1-13(33)19(24(38)29-17(9-11-27)22(36)32-20(14(2)34)25(39)40)31-23(37)18(12-15-6-4-3-5-7-15)30-21(35)16(28)8-10-26/h3-7,13-14,16-20,33-34H,8-12,26-28H2,1-2H3,(H,29,38)(H,30,35)(H,31,37)(H,32,36)(H,39,40)/t13-,14-,16+,17+,18+,19+,20+/m1/s1. The van der Waals surface area contributed by atoms with Crippen molar-refractivity contribution in [3.8, 4) is 0 Å². The van der Waals surface area contributed by atoms with Crippen molar-refractivity contribution < 1.29 is 39.3 Å². The van der Waals surface area contributed by atoms with Gasteiger partial charge in [0.25, 0.3) is 0 Å². The van der Waals surface area contributed by atoms with E-state index < -0.39 is 72.0 Å². The smallest absolute Gasteiger partial charge is 0.328 e. The molecule has 224 valence electrons. The van der Waals surface area contributed by atoms with Gasteiger partial charge in [-0.1, -0.05) is 30.3 Å². The summed E-state index contributed by atoms with van der Waals surface area (Å²) in [4.78, 5) is 62.9. The van der Waals surface area contributed by atoms with E-state index in [2.05, 4.69) is 21.3 Å². The first-order valence-electron chi connectivity index (χ1n) is 12.8. The van der Waals surface area contributed by atoms with Gasteiger partial charge in [-0.2, -0.15) is 0 Å². The molecule has 15 nitrogen and oxygen atoms in total. The largest absolute Gasteiger partial charge is 0.480 e. The molecule has 0 aliphatic rings. The number of nitrogens with two attached hydrogens (primary N) is 3. The van der Waals surface area contributed by atoms with Gasteiger partial charge in [0.05, 0.1) is 18.2 Å². The monoisotopic (exact) mass is 567 g/mol. The molecular formula is C25H41N7O8. The van der Waals surface area contributed by atoms with Crippen molar-refractivity contribution in [2.24, 2.45) is 17.2 Å². The van der Waals surface area contributed by atoms with Crippen molar-refractivity contribution in [3.63, 3.8) is 0 Å². The quantitative estimate of drug-likeness (QED) is 0.0867. The Morgan fingerprint density at radius 1 is 0.725 bits per heavy atom. The zero-order chi connectivity index (χ0) is 30.4. The molecular weight excluding hydrogens is 526 g/mol. The highest BCUT2D eigenvalue weighted by atomic mass is 16.4. The third-order valence-corrected chi connectivity index (χ3v) is 5.93. The molecule has 0 fully saturated rings. The van der Waals surface area contributed by atoms with Gasteiger partial charge in [0.15, 0.2) is 6.04 Å². The lowest BCUT2D eigenvalue weighted by Crippen LogP contribution is -2.61. The van der Waals surface area contributed by atoms with Crippen LogP contribution >= 0.6 is 0 Å². The molecule has 0 saturated heterocycles. The summed E-state index contributed by atoms with van der Waals surface area (Å²) in [5.41, 5.74) is 17.5. The highest BCUT2D eigenvalue weighted by Crippen LogP contribution is 2.06. The third kappa shape index (κ3) is 11.2. The molecule has 0 radical (unpaired) electrons. The number of hydrogen-bond donors (Lipinski definition) is 10. The van der Waals surface area contributed by atoms with E-state index in [0.717, 1.165) is 0 Å². The van der Waals surface area contributed by atoms with Gasteiger partial charge in [0.2, 0.25) is 23.6 Å². The number of aliphatic hydroxyl groups is 2. The van der Waals surface area contributed by atoms with Gasteiger partial charge in [0.1, 0.15) is 18.1 Å². The topological polar surface area (TPSA) is 272 Å². The SMILES string of the molecule is C[C@@H](O)[C@H](NC(=O)[C@H](CCN)NC(=O)[C@@H](NC(=O)[C@H](Cc1ccccc1)NC(=O)[C@@H](N)CCN)[C@@H](C)O)C(=O)O. The molecule has 0 spiro atoms. The lowest BCUT2D eigenvalue weighted by atomic mass is 10.0. The summed E-state index contributed by atoms with van der Waals surface area (Å²) in [6, 6.07) is 2.02. The highest BCUT2D eigenvalue weighted by Gasteiger charge is 2.34. The van der Waals surface area contributed by atoms with Crippen molar-refractivity contribution in [2.75, 3.05) is 13.1 Å². The number of carbonyl (C=O) groups excluding carboxylic acids is 4. The van der Waals surface area contributed by atoms with Gasteiger partial charge in [-0.25, -0.2) is 4.79 Å². The Bertz CT molecular complexity index is 993. The van der Waals surface area contributed by atoms with Crippen LogP contribution in [0.3, 0.4) is 0 Å². The van der Waals surface area contributed by atoms with E-state index in [4.69, 9.17) is 17.2 Å². The van der Waals surface area contributed by atoms with Crippen LogP contribution in [-0.2, 0) is 30.4 Å². The minimum Gasteiger partial charge on any atom is -0.480 e. The molecule has 0 bridgehead atoms. The van der Waals surface area contributed by atoms with Gasteiger partial charge < -0.3 is 53.8 Å². The maximum atomic E-state index is 13.2. The maximum absolute atomic E-state index is 13.2. The fourth-order valence-electron chi connectivity index (χ4n) is 3.65. The normalized spacial score (nSPS) is 16.3. The Kier molecular flexibility index (Phi) is 14.7. The Balaban J connectivity index is 3.10. The number of aliphatic carboxylic acids is 1. The number of carbonyl (C=O) groups is 5. The van der Waals surface area contributed by atoms with E-state index in [1.165, 1.54) is 13.8 Å². The molecule has 4 amide bonds. The fraction of sp³-hybridized carbons (Fsp3) is 0.560. The number of amides is 4. The number of carboxylic acid groups (broad SMARTS) is 1. The minimum absolute atomic E-state index is 0.0377. The lowest BCUT2D eigenvalue weighted by molar-refractivity contribution is -0.145. The summed E-state index contributed by atoms with van der Waals surface area (Å²) in [6.07, 6.45) is -2.78. The second-order valence-electron chi connectivity index (χ2n) is 9.37. The van der Waals surface area contributed by atoms with Crippen LogP contribution in [-0.4, -0.2) is 100 Å². The van der Waals surface area contributed by atoms with Gasteiger partial charge in [-0.3, -0.25) is 19.2 Å². The number of nitrogens with one attached hydrogen (secondary N) is 4. The number of benzene rings is 1. The van der Waals surface area contributed by atoms with E-state index in [-0.39, 0.29) is 32.4 Å². The third-order valence-electron chi connectivity index (χ3n) is 5.93. The summed E-state index contributed by atoms with van der Waals surface area (Å²) >= 11 is 0. The number of carboxylic acids is 1. The summed E-state index contributed by atoms with van der Waals surface area (Å²) in [5, 5.41) is 38.6. The zero-order valence-corrected chi connectivity index (χ0v) is 22.6. The summed E-state index contributed by atoms with van der Waals surface area (Å²) in [5.74, 6) is -4.84. The highest BCUT2D eigenvalue weighted by molar-refractivity contribution is 5.95. The van der Waals surface area contributed by atoms with Crippen LogP contribution in [0.15, 0.2) is 30.3 Å². The Labute approximate surface area is 232 Å². The first-order chi connectivity index (χ1) is 18.8. The molecule has 1 rings (SSSR count). The molecule has 13 N–H and O–H groups in total. The Morgan fingerprint density at radius 3 is 1.73 bits per heavy atom. The van der Waals surface area contributed by atoms with Gasteiger partial charge >= 0.3 is 5.97 Å². The Morgan fingerprint density at radius 2 is 1.23 bits per heavy atom. The van der Waals surface area contributed by atoms with Gasteiger partial charge in [-0.05, 0) is 45.3 Å². The van der Waals surface area contributed by atoms with E-state index in [1.807, 2.05) is 0 Å². The lowest BCUT2D eigenvalue weighted by Gasteiger charge is -2.28. The first kappa shape index (κ1) is 34.4. The maximum Gasteiger partial charge on any atom is 0.328 e. The zero-order valence-electron chi connectivity index (χ0n) is 22.6. The van der Waals surface area contributed by atoms with Crippen LogP contribution < -0.4 is 38.5 Å². The molecule has 1 aromatic carbocycles. The van der Waals surface area contributed by atoms with E-state index >= 15 is 0 Å². The number of hydrogen-bond acceptors (Lipinski definition) is 10. The summed E-state index contributed by atoms with van der Waals surface area (Å²) in [6.45, 7) is 2.47. The van der Waals surface area contributed by atoms with E-state index in [0.29, 0.717) is 5.56 Å².